The minimum Gasteiger partial charge on any atom is -0.480 e. The molecule has 5 nitrogen and oxygen atoms in total. The Bertz CT molecular complexity index is 258. The summed E-state index contributed by atoms with van der Waals surface area (Å²) in [6, 6.07) is 0. The molecule has 0 fully saturated rings. The van der Waals surface area contributed by atoms with E-state index < -0.39 is 5.97 Å². The van der Waals surface area contributed by atoms with Crippen molar-refractivity contribution in [2.45, 2.75) is 12.8 Å². The van der Waals surface area contributed by atoms with Crippen LogP contribution in [0.3, 0.4) is 0 Å². The molecule has 15 heavy (non-hydrogen) atoms. The van der Waals surface area contributed by atoms with E-state index >= 15 is 0 Å². The van der Waals surface area contributed by atoms with Crippen molar-refractivity contribution in [3.8, 4) is 12.3 Å². The van der Waals surface area contributed by atoms with Crippen LogP contribution in [0.5, 0.6) is 0 Å². The van der Waals surface area contributed by atoms with E-state index in [9.17, 15) is 9.59 Å². The van der Waals surface area contributed by atoms with E-state index in [1.54, 1.807) is 7.05 Å². The number of hydrogen-bond acceptors (Lipinski definition) is 3. The third-order valence-electron chi connectivity index (χ3n) is 1.78. The SMILES string of the molecule is C#CCN(CC(=O)O)C(=O)CCCNC. The van der Waals surface area contributed by atoms with Gasteiger partial charge in [0.15, 0.2) is 0 Å². The molecule has 0 aliphatic heterocycles. The first-order valence-electron chi connectivity index (χ1n) is 4.69. The second-order valence-corrected chi connectivity index (χ2v) is 3.05. The zero-order valence-electron chi connectivity index (χ0n) is 8.82. The van der Waals surface area contributed by atoms with Gasteiger partial charge in [-0.25, -0.2) is 0 Å². The molecule has 0 aromatic rings. The van der Waals surface area contributed by atoms with Gasteiger partial charge < -0.3 is 15.3 Å². The zero-order chi connectivity index (χ0) is 11.7. The third kappa shape index (κ3) is 6.52. The molecule has 0 spiro atoms. The highest BCUT2D eigenvalue weighted by atomic mass is 16.4. The van der Waals surface area contributed by atoms with Gasteiger partial charge in [0, 0.05) is 6.42 Å². The molecule has 0 rings (SSSR count). The van der Waals surface area contributed by atoms with E-state index in [1.165, 1.54) is 0 Å². The van der Waals surface area contributed by atoms with Crippen LogP contribution in [0.2, 0.25) is 0 Å². The summed E-state index contributed by atoms with van der Waals surface area (Å²) in [4.78, 5) is 23.1. The number of nitrogens with zero attached hydrogens (tertiary/aromatic N) is 1. The van der Waals surface area contributed by atoms with Crippen LogP contribution in [0.1, 0.15) is 12.8 Å². The number of amides is 1. The molecule has 84 valence electrons. The summed E-state index contributed by atoms with van der Waals surface area (Å²) < 4.78 is 0. The molecule has 0 saturated heterocycles. The van der Waals surface area contributed by atoms with Crippen molar-refractivity contribution in [2.75, 3.05) is 26.7 Å². The molecule has 2 N–H and O–H groups in total. The van der Waals surface area contributed by atoms with E-state index in [-0.39, 0.29) is 19.0 Å². The van der Waals surface area contributed by atoms with Crippen molar-refractivity contribution in [1.29, 1.82) is 0 Å². The van der Waals surface area contributed by atoms with Gasteiger partial charge in [-0.15, -0.1) is 6.42 Å². The lowest BCUT2D eigenvalue weighted by atomic mass is 10.2. The van der Waals surface area contributed by atoms with Crippen LogP contribution in [0.4, 0.5) is 0 Å². The lowest BCUT2D eigenvalue weighted by molar-refractivity contribution is -0.144. The van der Waals surface area contributed by atoms with Gasteiger partial charge in [-0.05, 0) is 20.0 Å². The predicted molar refractivity (Wildman–Crippen MR) is 56.2 cm³/mol. The van der Waals surface area contributed by atoms with Crippen molar-refractivity contribution >= 4 is 11.9 Å². The molecular formula is C10H16N2O3. The fourth-order valence-electron chi connectivity index (χ4n) is 1.08. The highest BCUT2D eigenvalue weighted by Crippen LogP contribution is 1.97. The van der Waals surface area contributed by atoms with Crippen LogP contribution < -0.4 is 5.32 Å². The maximum Gasteiger partial charge on any atom is 0.323 e. The fourth-order valence-corrected chi connectivity index (χ4v) is 1.08. The number of aliphatic carboxylic acids is 1. The maximum absolute atomic E-state index is 11.5. The fraction of sp³-hybridized carbons (Fsp3) is 0.600. The molecule has 0 aliphatic rings. The lowest BCUT2D eigenvalue weighted by Crippen LogP contribution is -2.36. The number of rotatable bonds is 7. The van der Waals surface area contributed by atoms with Crippen LogP contribution in [0, 0.1) is 12.3 Å². The Labute approximate surface area is 89.4 Å². The number of hydrogen-bond donors (Lipinski definition) is 2. The first kappa shape index (κ1) is 13.5. The second-order valence-electron chi connectivity index (χ2n) is 3.05. The summed E-state index contributed by atoms with van der Waals surface area (Å²) in [5.41, 5.74) is 0. The number of carboxylic acid groups (broad SMARTS) is 1. The van der Waals surface area contributed by atoms with Gasteiger partial charge in [-0.1, -0.05) is 5.92 Å². The summed E-state index contributed by atoms with van der Waals surface area (Å²) in [6.07, 6.45) is 6.04. The smallest absolute Gasteiger partial charge is 0.323 e. The van der Waals surface area contributed by atoms with E-state index in [0.29, 0.717) is 12.8 Å². The molecule has 0 radical (unpaired) electrons. The van der Waals surface area contributed by atoms with Crippen molar-refractivity contribution in [3.05, 3.63) is 0 Å². The molecule has 0 bridgehead atoms. The Morgan fingerprint density at radius 1 is 1.53 bits per heavy atom. The Hall–Kier alpha value is -1.54. The van der Waals surface area contributed by atoms with E-state index in [0.717, 1.165) is 11.4 Å². The largest absolute Gasteiger partial charge is 0.480 e. The maximum atomic E-state index is 11.5. The zero-order valence-corrected chi connectivity index (χ0v) is 8.82. The molecule has 0 aromatic carbocycles. The summed E-state index contributed by atoms with van der Waals surface area (Å²) in [5.74, 6) is 1.00. The summed E-state index contributed by atoms with van der Waals surface area (Å²) in [5, 5.41) is 11.5. The van der Waals surface area contributed by atoms with Gasteiger partial charge in [0.2, 0.25) is 5.91 Å². The van der Waals surface area contributed by atoms with Crippen molar-refractivity contribution in [3.63, 3.8) is 0 Å². The summed E-state index contributed by atoms with van der Waals surface area (Å²) in [7, 11) is 1.79. The number of carbonyl (C=O) groups excluding carboxylic acids is 1. The van der Waals surface area contributed by atoms with Crippen molar-refractivity contribution in [2.24, 2.45) is 0 Å². The Balaban J connectivity index is 4.05. The van der Waals surface area contributed by atoms with E-state index in [2.05, 4.69) is 11.2 Å². The molecule has 0 unspecified atom stereocenters. The average Bonchev–Trinajstić information content (AvgIpc) is 2.17. The highest BCUT2D eigenvalue weighted by molar-refractivity contribution is 5.81. The molecule has 0 heterocycles. The standard InChI is InChI=1S/C10H16N2O3/c1-3-7-12(8-10(14)15)9(13)5-4-6-11-2/h1,11H,4-8H2,2H3,(H,14,15). The van der Waals surface area contributed by atoms with Crippen LogP contribution in [-0.4, -0.2) is 48.6 Å². The normalized spacial score (nSPS) is 9.33. The lowest BCUT2D eigenvalue weighted by Gasteiger charge is -2.17. The molecule has 0 atom stereocenters. The number of terminal acetylenes is 1. The number of carbonyl (C=O) groups is 2. The Morgan fingerprint density at radius 3 is 2.67 bits per heavy atom. The van der Waals surface area contributed by atoms with Crippen LogP contribution in [-0.2, 0) is 9.59 Å². The monoisotopic (exact) mass is 212 g/mol. The van der Waals surface area contributed by atoms with Crippen LogP contribution in [0.15, 0.2) is 0 Å². The van der Waals surface area contributed by atoms with E-state index in [4.69, 9.17) is 11.5 Å². The quantitative estimate of drug-likeness (QED) is 0.442. The minimum atomic E-state index is -1.05. The summed E-state index contributed by atoms with van der Waals surface area (Å²) >= 11 is 0. The molecule has 0 saturated carbocycles. The van der Waals surface area contributed by atoms with E-state index in [1.807, 2.05) is 0 Å². The first-order chi connectivity index (χ1) is 7.11. The predicted octanol–water partition coefficient (Wildman–Crippen LogP) is -0.468. The van der Waals surface area contributed by atoms with Crippen molar-refractivity contribution < 1.29 is 14.7 Å². The van der Waals surface area contributed by atoms with Gasteiger partial charge in [-0.2, -0.15) is 0 Å². The minimum absolute atomic E-state index is 0.0463. The highest BCUT2D eigenvalue weighted by Gasteiger charge is 2.14. The van der Waals surface area contributed by atoms with Crippen LogP contribution in [0.25, 0.3) is 0 Å². The number of nitrogens with one attached hydrogen (secondary N) is 1. The second kappa shape index (κ2) is 7.83. The van der Waals surface area contributed by atoms with Crippen molar-refractivity contribution in [1.82, 2.24) is 10.2 Å². The van der Waals surface area contributed by atoms with Gasteiger partial charge in [0.05, 0.1) is 6.54 Å². The van der Waals surface area contributed by atoms with Gasteiger partial charge in [0.1, 0.15) is 6.54 Å². The van der Waals surface area contributed by atoms with Gasteiger partial charge in [0.25, 0.3) is 0 Å². The average molecular weight is 212 g/mol. The molecule has 1 amide bonds. The Kier molecular flexibility index (Phi) is 7.02. The molecule has 5 heteroatoms. The summed E-state index contributed by atoms with van der Waals surface area (Å²) in [6.45, 7) is 0.440. The molecule has 0 aromatic heterocycles. The first-order valence-corrected chi connectivity index (χ1v) is 4.69. The van der Waals surface area contributed by atoms with Gasteiger partial charge in [-0.3, -0.25) is 9.59 Å². The molecule has 0 aliphatic carbocycles. The number of carboxylic acids is 1. The Morgan fingerprint density at radius 2 is 2.20 bits per heavy atom. The van der Waals surface area contributed by atoms with Gasteiger partial charge >= 0.3 is 5.97 Å². The molecular weight excluding hydrogens is 196 g/mol. The van der Waals surface area contributed by atoms with Crippen LogP contribution >= 0.6 is 0 Å². The third-order valence-corrected chi connectivity index (χ3v) is 1.78. The topological polar surface area (TPSA) is 69.6 Å².